The number of hydrogen-bond acceptors (Lipinski definition) is 3. The summed E-state index contributed by atoms with van der Waals surface area (Å²) in [6.45, 7) is 0.0522. The van der Waals surface area contributed by atoms with Crippen LogP contribution in [-0.2, 0) is 16.0 Å². The van der Waals surface area contributed by atoms with Crippen LogP contribution in [0.25, 0.3) is 0 Å². The van der Waals surface area contributed by atoms with Crippen LogP contribution >= 0.6 is 34.8 Å². The lowest BCUT2D eigenvalue weighted by molar-refractivity contribution is -0.128. The Labute approximate surface area is 173 Å². The van der Waals surface area contributed by atoms with Crippen LogP contribution in [0.2, 0.25) is 15.1 Å². The Morgan fingerprint density at radius 1 is 1.00 bits per heavy atom. The number of nitrogens with zero attached hydrogens (tertiary/aromatic N) is 1. The standard InChI is InChI=1S/C19H20Cl3N3O2/c1-25(2)19(27)7-6-12-4-3-5-13(8-12)23-11-18(26)24-17-10-15(21)14(20)9-16(17)22/h3-5,8-10,23H,6-7,11H2,1-2H3,(H,24,26). The summed E-state index contributed by atoms with van der Waals surface area (Å²) < 4.78 is 0. The Balaban J connectivity index is 1.91. The van der Waals surface area contributed by atoms with Gasteiger partial charge in [0, 0.05) is 26.2 Å². The first-order valence-corrected chi connectivity index (χ1v) is 9.37. The quantitative estimate of drug-likeness (QED) is 0.627. The molecule has 0 aliphatic heterocycles. The number of hydrogen-bond donors (Lipinski definition) is 2. The normalized spacial score (nSPS) is 10.4. The molecule has 27 heavy (non-hydrogen) atoms. The Morgan fingerprint density at radius 2 is 1.70 bits per heavy atom. The number of anilines is 2. The zero-order valence-electron chi connectivity index (χ0n) is 15.0. The summed E-state index contributed by atoms with van der Waals surface area (Å²) in [4.78, 5) is 25.4. The summed E-state index contributed by atoms with van der Waals surface area (Å²) in [6, 6.07) is 10.6. The molecule has 0 aromatic heterocycles. The van der Waals surface area contributed by atoms with E-state index in [0.29, 0.717) is 33.6 Å². The topological polar surface area (TPSA) is 61.4 Å². The van der Waals surface area contributed by atoms with Gasteiger partial charge >= 0.3 is 0 Å². The SMILES string of the molecule is CN(C)C(=O)CCc1cccc(NCC(=O)Nc2cc(Cl)c(Cl)cc2Cl)c1. The number of carbonyl (C=O) groups is 2. The van der Waals surface area contributed by atoms with Crippen LogP contribution in [-0.4, -0.2) is 37.4 Å². The predicted octanol–water partition coefficient (Wildman–Crippen LogP) is 4.72. The molecule has 8 heteroatoms. The first-order chi connectivity index (χ1) is 12.8. The second-order valence-electron chi connectivity index (χ2n) is 6.14. The third-order valence-corrected chi connectivity index (χ3v) is 4.83. The minimum Gasteiger partial charge on any atom is -0.376 e. The van der Waals surface area contributed by atoms with E-state index in [4.69, 9.17) is 34.8 Å². The number of halogens is 3. The molecular weight excluding hydrogens is 409 g/mol. The second-order valence-corrected chi connectivity index (χ2v) is 7.36. The number of rotatable bonds is 7. The van der Waals surface area contributed by atoms with Crippen LogP contribution in [0.3, 0.4) is 0 Å². The predicted molar refractivity (Wildman–Crippen MR) is 112 cm³/mol. The monoisotopic (exact) mass is 427 g/mol. The number of nitrogens with one attached hydrogen (secondary N) is 2. The smallest absolute Gasteiger partial charge is 0.243 e. The minimum absolute atomic E-state index is 0.0522. The van der Waals surface area contributed by atoms with E-state index in [1.54, 1.807) is 19.0 Å². The van der Waals surface area contributed by atoms with Gasteiger partial charge in [0.25, 0.3) is 0 Å². The van der Waals surface area contributed by atoms with Gasteiger partial charge in [-0.25, -0.2) is 0 Å². The van der Waals surface area contributed by atoms with E-state index in [9.17, 15) is 9.59 Å². The van der Waals surface area contributed by atoms with Gasteiger partial charge in [0.1, 0.15) is 0 Å². The molecule has 0 fully saturated rings. The highest BCUT2D eigenvalue weighted by Gasteiger charge is 2.10. The maximum atomic E-state index is 12.2. The highest BCUT2D eigenvalue weighted by Crippen LogP contribution is 2.32. The summed E-state index contributed by atoms with van der Waals surface area (Å²) >= 11 is 17.9. The maximum Gasteiger partial charge on any atom is 0.243 e. The molecule has 0 radical (unpaired) electrons. The third kappa shape index (κ3) is 6.61. The van der Waals surface area contributed by atoms with E-state index in [-0.39, 0.29) is 18.4 Å². The van der Waals surface area contributed by atoms with E-state index in [2.05, 4.69) is 10.6 Å². The van der Waals surface area contributed by atoms with E-state index in [0.717, 1.165) is 11.3 Å². The Bertz CT molecular complexity index is 841. The van der Waals surface area contributed by atoms with E-state index < -0.39 is 0 Å². The van der Waals surface area contributed by atoms with Gasteiger partial charge in [-0.3, -0.25) is 9.59 Å². The first kappa shape index (κ1) is 21.4. The van der Waals surface area contributed by atoms with Crippen molar-refractivity contribution in [3.63, 3.8) is 0 Å². The molecule has 2 N–H and O–H groups in total. The van der Waals surface area contributed by atoms with Crippen LogP contribution in [0.4, 0.5) is 11.4 Å². The fraction of sp³-hybridized carbons (Fsp3) is 0.263. The van der Waals surface area contributed by atoms with Crippen molar-refractivity contribution in [2.45, 2.75) is 12.8 Å². The van der Waals surface area contributed by atoms with Crippen LogP contribution < -0.4 is 10.6 Å². The molecular formula is C19H20Cl3N3O2. The van der Waals surface area contributed by atoms with Crippen molar-refractivity contribution in [2.24, 2.45) is 0 Å². The molecule has 5 nitrogen and oxygen atoms in total. The van der Waals surface area contributed by atoms with Gasteiger partial charge in [0.15, 0.2) is 0 Å². The van der Waals surface area contributed by atoms with Crippen molar-refractivity contribution in [3.05, 3.63) is 57.0 Å². The fourth-order valence-corrected chi connectivity index (χ4v) is 2.90. The van der Waals surface area contributed by atoms with Crippen molar-refractivity contribution in [2.75, 3.05) is 31.3 Å². The number of aryl methyl sites for hydroxylation is 1. The van der Waals surface area contributed by atoms with Crippen LogP contribution in [0.1, 0.15) is 12.0 Å². The zero-order chi connectivity index (χ0) is 20.0. The molecule has 0 heterocycles. The van der Waals surface area contributed by atoms with Gasteiger partial charge in [-0.2, -0.15) is 0 Å². The number of carbonyl (C=O) groups excluding carboxylic acids is 2. The van der Waals surface area contributed by atoms with Crippen LogP contribution in [0.15, 0.2) is 36.4 Å². The molecule has 0 saturated heterocycles. The van der Waals surface area contributed by atoms with Crippen molar-refractivity contribution >= 4 is 58.0 Å². The molecule has 2 rings (SSSR count). The van der Waals surface area contributed by atoms with Gasteiger partial charge < -0.3 is 15.5 Å². The largest absolute Gasteiger partial charge is 0.376 e. The van der Waals surface area contributed by atoms with Gasteiger partial charge in [0.05, 0.1) is 27.3 Å². The van der Waals surface area contributed by atoms with E-state index in [1.807, 2.05) is 24.3 Å². The Kier molecular flexibility index (Phi) is 7.78. The number of amides is 2. The lowest BCUT2D eigenvalue weighted by Gasteiger charge is -2.12. The van der Waals surface area contributed by atoms with Gasteiger partial charge in [-0.1, -0.05) is 46.9 Å². The highest BCUT2D eigenvalue weighted by atomic mass is 35.5. The molecule has 0 bridgehead atoms. The Hall–Kier alpha value is -1.95. The maximum absolute atomic E-state index is 12.2. The van der Waals surface area contributed by atoms with Crippen LogP contribution in [0, 0.1) is 0 Å². The van der Waals surface area contributed by atoms with E-state index >= 15 is 0 Å². The zero-order valence-corrected chi connectivity index (χ0v) is 17.3. The van der Waals surface area contributed by atoms with E-state index in [1.165, 1.54) is 12.1 Å². The number of benzene rings is 2. The highest BCUT2D eigenvalue weighted by molar-refractivity contribution is 6.44. The summed E-state index contributed by atoms with van der Waals surface area (Å²) in [7, 11) is 3.47. The molecule has 2 aromatic rings. The molecule has 0 atom stereocenters. The molecule has 0 aliphatic rings. The molecule has 0 spiro atoms. The van der Waals surface area contributed by atoms with Gasteiger partial charge in [-0.05, 0) is 36.2 Å². The fourth-order valence-electron chi connectivity index (χ4n) is 2.31. The molecule has 2 amide bonds. The average molecular weight is 429 g/mol. The Morgan fingerprint density at radius 3 is 2.41 bits per heavy atom. The summed E-state index contributed by atoms with van der Waals surface area (Å²) in [6.07, 6.45) is 1.07. The van der Waals surface area contributed by atoms with Gasteiger partial charge in [0.2, 0.25) is 11.8 Å². The van der Waals surface area contributed by atoms with Crippen molar-refractivity contribution < 1.29 is 9.59 Å². The first-order valence-electron chi connectivity index (χ1n) is 8.23. The van der Waals surface area contributed by atoms with Gasteiger partial charge in [-0.15, -0.1) is 0 Å². The molecule has 144 valence electrons. The van der Waals surface area contributed by atoms with Crippen molar-refractivity contribution in [1.29, 1.82) is 0 Å². The third-order valence-electron chi connectivity index (χ3n) is 3.79. The summed E-state index contributed by atoms with van der Waals surface area (Å²) in [5, 5.41) is 6.68. The summed E-state index contributed by atoms with van der Waals surface area (Å²) in [5.41, 5.74) is 2.21. The second kappa shape index (κ2) is 9.83. The lowest BCUT2D eigenvalue weighted by Crippen LogP contribution is -2.22. The lowest BCUT2D eigenvalue weighted by atomic mass is 10.1. The molecule has 2 aromatic carbocycles. The van der Waals surface area contributed by atoms with Crippen molar-refractivity contribution in [1.82, 2.24) is 4.90 Å². The molecule has 0 unspecified atom stereocenters. The molecule has 0 saturated carbocycles. The van der Waals surface area contributed by atoms with Crippen LogP contribution in [0.5, 0.6) is 0 Å². The summed E-state index contributed by atoms with van der Waals surface area (Å²) in [5.74, 6) is -0.199. The molecule has 0 aliphatic carbocycles. The average Bonchev–Trinajstić information content (AvgIpc) is 2.62. The minimum atomic E-state index is -0.275. The van der Waals surface area contributed by atoms with Crippen molar-refractivity contribution in [3.8, 4) is 0 Å².